The van der Waals surface area contributed by atoms with Crippen molar-refractivity contribution in [1.29, 1.82) is 0 Å². The third-order valence-electron chi connectivity index (χ3n) is 3.49. The minimum atomic E-state index is -0.616. The first-order valence-electron chi connectivity index (χ1n) is 6.83. The highest BCUT2D eigenvalue weighted by molar-refractivity contribution is 5.95. The van der Waals surface area contributed by atoms with Crippen LogP contribution in [0, 0.1) is 0 Å². The molecule has 0 aliphatic carbocycles. The molecule has 0 radical (unpaired) electrons. The van der Waals surface area contributed by atoms with E-state index < -0.39 is 17.2 Å². The van der Waals surface area contributed by atoms with E-state index in [-0.39, 0.29) is 11.5 Å². The second-order valence-electron chi connectivity index (χ2n) is 5.02. The molecular formula is C14H20N2O4. The number of piperidine rings is 1. The maximum atomic E-state index is 11.9. The van der Waals surface area contributed by atoms with Crippen LogP contribution in [0.3, 0.4) is 0 Å². The van der Waals surface area contributed by atoms with Crippen LogP contribution in [0.2, 0.25) is 0 Å². The van der Waals surface area contributed by atoms with E-state index in [0.29, 0.717) is 6.54 Å². The zero-order chi connectivity index (χ0) is 14.5. The van der Waals surface area contributed by atoms with Crippen molar-refractivity contribution in [3.05, 3.63) is 17.7 Å². The molecule has 1 amide bonds. The van der Waals surface area contributed by atoms with Gasteiger partial charge in [0.2, 0.25) is 0 Å². The van der Waals surface area contributed by atoms with Crippen molar-refractivity contribution in [2.75, 3.05) is 26.2 Å². The summed E-state index contributed by atoms with van der Waals surface area (Å²) in [4.78, 5) is 14.2. The van der Waals surface area contributed by atoms with Crippen LogP contribution in [0.5, 0.6) is 17.2 Å². The summed E-state index contributed by atoms with van der Waals surface area (Å²) in [6, 6.07) is 2.26. The van der Waals surface area contributed by atoms with E-state index in [1.807, 2.05) is 0 Å². The number of carbonyl (C=O) groups excluding carboxylic acids is 1. The highest BCUT2D eigenvalue weighted by Gasteiger charge is 2.14. The molecule has 1 saturated heterocycles. The van der Waals surface area contributed by atoms with E-state index in [1.165, 1.54) is 19.3 Å². The van der Waals surface area contributed by atoms with Gasteiger partial charge in [-0.2, -0.15) is 0 Å². The summed E-state index contributed by atoms with van der Waals surface area (Å²) in [6.07, 6.45) is 3.68. The fourth-order valence-electron chi connectivity index (χ4n) is 2.35. The van der Waals surface area contributed by atoms with Gasteiger partial charge in [0, 0.05) is 18.7 Å². The van der Waals surface area contributed by atoms with Crippen molar-refractivity contribution in [1.82, 2.24) is 10.2 Å². The van der Waals surface area contributed by atoms with E-state index in [0.717, 1.165) is 31.8 Å². The van der Waals surface area contributed by atoms with Crippen LogP contribution in [0.4, 0.5) is 0 Å². The van der Waals surface area contributed by atoms with E-state index in [1.54, 1.807) is 0 Å². The highest BCUT2D eigenvalue weighted by atomic mass is 16.3. The molecule has 6 nitrogen and oxygen atoms in total. The number of amides is 1. The monoisotopic (exact) mass is 280 g/mol. The average molecular weight is 280 g/mol. The molecule has 4 N–H and O–H groups in total. The number of nitrogens with zero attached hydrogens (tertiary/aromatic N) is 1. The van der Waals surface area contributed by atoms with Gasteiger partial charge in [0.1, 0.15) is 0 Å². The number of phenolic OH excluding ortho intramolecular Hbond substituents is 3. The number of likely N-dealkylation sites (tertiary alicyclic amines) is 1. The molecule has 110 valence electrons. The summed E-state index contributed by atoms with van der Waals surface area (Å²) in [5, 5.41) is 30.7. The maximum Gasteiger partial charge on any atom is 0.251 e. The van der Waals surface area contributed by atoms with Crippen molar-refractivity contribution in [3.8, 4) is 17.2 Å². The summed E-state index contributed by atoms with van der Waals surface area (Å²) in [5.41, 5.74) is 0.122. The third kappa shape index (κ3) is 3.54. The second kappa shape index (κ2) is 6.47. The average Bonchev–Trinajstić information content (AvgIpc) is 2.45. The van der Waals surface area contributed by atoms with Gasteiger partial charge in [-0.05, 0) is 38.1 Å². The number of phenols is 3. The lowest BCUT2D eigenvalue weighted by Crippen LogP contribution is -2.37. The highest BCUT2D eigenvalue weighted by Crippen LogP contribution is 2.35. The Bertz CT molecular complexity index is 461. The number of rotatable bonds is 4. The molecule has 0 bridgehead atoms. The summed E-state index contributed by atoms with van der Waals surface area (Å²) in [7, 11) is 0. The largest absolute Gasteiger partial charge is 0.504 e. The molecule has 1 heterocycles. The van der Waals surface area contributed by atoms with Gasteiger partial charge in [0.25, 0.3) is 5.91 Å². The van der Waals surface area contributed by atoms with E-state index in [2.05, 4.69) is 10.2 Å². The molecule has 1 aromatic rings. The molecule has 20 heavy (non-hydrogen) atoms. The lowest BCUT2D eigenvalue weighted by molar-refractivity contribution is 0.0945. The summed E-state index contributed by atoms with van der Waals surface area (Å²) in [5.74, 6) is -2.01. The lowest BCUT2D eigenvalue weighted by Gasteiger charge is -2.26. The Hall–Kier alpha value is -1.95. The topological polar surface area (TPSA) is 93.0 Å². The van der Waals surface area contributed by atoms with E-state index in [9.17, 15) is 20.1 Å². The number of aromatic hydroxyl groups is 3. The Balaban J connectivity index is 1.85. The van der Waals surface area contributed by atoms with Gasteiger partial charge in [0.15, 0.2) is 17.2 Å². The van der Waals surface area contributed by atoms with Crippen molar-refractivity contribution in [3.63, 3.8) is 0 Å². The van der Waals surface area contributed by atoms with Crippen LogP contribution in [0.25, 0.3) is 0 Å². The molecule has 1 aromatic carbocycles. The summed E-state index contributed by atoms with van der Waals surface area (Å²) < 4.78 is 0. The molecule has 0 unspecified atom stereocenters. The normalized spacial score (nSPS) is 16.0. The minimum Gasteiger partial charge on any atom is -0.504 e. The van der Waals surface area contributed by atoms with Crippen molar-refractivity contribution in [2.45, 2.75) is 19.3 Å². The fraction of sp³-hybridized carbons (Fsp3) is 0.500. The van der Waals surface area contributed by atoms with Gasteiger partial charge >= 0.3 is 0 Å². The van der Waals surface area contributed by atoms with Crippen LogP contribution < -0.4 is 5.32 Å². The van der Waals surface area contributed by atoms with Gasteiger partial charge < -0.3 is 25.5 Å². The van der Waals surface area contributed by atoms with Gasteiger partial charge in [-0.1, -0.05) is 6.42 Å². The molecule has 0 spiro atoms. The predicted molar refractivity (Wildman–Crippen MR) is 74.1 cm³/mol. The number of hydrogen-bond acceptors (Lipinski definition) is 5. The zero-order valence-corrected chi connectivity index (χ0v) is 11.3. The Morgan fingerprint density at radius 1 is 1.10 bits per heavy atom. The van der Waals surface area contributed by atoms with Crippen LogP contribution in [-0.2, 0) is 0 Å². The Kier molecular flexibility index (Phi) is 4.68. The Morgan fingerprint density at radius 2 is 1.70 bits per heavy atom. The first kappa shape index (κ1) is 14.5. The second-order valence-corrected chi connectivity index (χ2v) is 5.02. The Morgan fingerprint density at radius 3 is 2.30 bits per heavy atom. The maximum absolute atomic E-state index is 11.9. The van der Waals surface area contributed by atoms with Gasteiger partial charge in [-0.25, -0.2) is 0 Å². The van der Waals surface area contributed by atoms with Gasteiger partial charge in [0.05, 0.1) is 0 Å². The van der Waals surface area contributed by atoms with Crippen LogP contribution >= 0.6 is 0 Å². The van der Waals surface area contributed by atoms with E-state index >= 15 is 0 Å². The number of carbonyl (C=O) groups is 1. The SMILES string of the molecule is O=C(NCCN1CCCCC1)c1cc(O)c(O)c(O)c1. The molecule has 2 rings (SSSR count). The molecular weight excluding hydrogens is 260 g/mol. The van der Waals surface area contributed by atoms with Crippen LogP contribution in [0.1, 0.15) is 29.6 Å². The van der Waals surface area contributed by atoms with Crippen molar-refractivity contribution < 1.29 is 20.1 Å². The van der Waals surface area contributed by atoms with Gasteiger partial charge in [-0.15, -0.1) is 0 Å². The molecule has 6 heteroatoms. The number of hydrogen-bond donors (Lipinski definition) is 4. The molecule has 0 atom stereocenters. The number of nitrogens with one attached hydrogen (secondary N) is 1. The standard InChI is InChI=1S/C14H20N2O4/c17-11-8-10(9-12(18)13(11)19)14(20)15-4-7-16-5-2-1-3-6-16/h8-9,17-19H,1-7H2,(H,15,20). The zero-order valence-electron chi connectivity index (χ0n) is 11.3. The van der Waals surface area contributed by atoms with Crippen molar-refractivity contribution in [2.24, 2.45) is 0 Å². The first-order chi connectivity index (χ1) is 9.58. The fourth-order valence-corrected chi connectivity index (χ4v) is 2.35. The predicted octanol–water partition coefficient (Wildman–Crippen LogP) is 1.02. The molecule has 0 aromatic heterocycles. The number of benzene rings is 1. The molecule has 0 saturated carbocycles. The molecule has 1 fully saturated rings. The van der Waals surface area contributed by atoms with Crippen molar-refractivity contribution >= 4 is 5.91 Å². The minimum absolute atomic E-state index is 0.122. The summed E-state index contributed by atoms with van der Waals surface area (Å²) >= 11 is 0. The Labute approximate surface area is 117 Å². The quantitative estimate of drug-likeness (QED) is 0.618. The lowest BCUT2D eigenvalue weighted by atomic mass is 10.1. The van der Waals surface area contributed by atoms with Crippen LogP contribution in [0.15, 0.2) is 12.1 Å². The molecule has 1 aliphatic rings. The van der Waals surface area contributed by atoms with Gasteiger partial charge in [-0.3, -0.25) is 4.79 Å². The van der Waals surface area contributed by atoms with Crippen LogP contribution in [-0.4, -0.2) is 52.3 Å². The first-order valence-corrected chi connectivity index (χ1v) is 6.83. The smallest absolute Gasteiger partial charge is 0.251 e. The van der Waals surface area contributed by atoms with E-state index in [4.69, 9.17) is 0 Å². The summed E-state index contributed by atoms with van der Waals surface area (Å²) in [6.45, 7) is 3.44. The third-order valence-corrected chi connectivity index (χ3v) is 3.49. The molecule has 1 aliphatic heterocycles.